The minimum absolute atomic E-state index is 0.142. The largest absolute Gasteiger partial charge is 0.242 e. The van der Waals surface area contributed by atoms with E-state index in [9.17, 15) is 8.42 Å². The zero-order chi connectivity index (χ0) is 14.0. The number of benzene rings is 1. The summed E-state index contributed by atoms with van der Waals surface area (Å²) in [4.78, 5) is 0.142. The second kappa shape index (κ2) is 6.12. The molecule has 0 spiro atoms. The summed E-state index contributed by atoms with van der Waals surface area (Å²) in [5.41, 5.74) is 0. The molecule has 0 bridgehead atoms. The maximum atomic E-state index is 12.2. The summed E-state index contributed by atoms with van der Waals surface area (Å²) in [6.45, 7) is 2.68. The monoisotopic (exact) mass is 365 g/mol. The van der Waals surface area contributed by atoms with Crippen molar-refractivity contribution in [3.8, 4) is 0 Å². The summed E-state index contributed by atoms with van der Waals surface area (Å²) in [5.74, 6) is 1.02. The highest BCUT2D eigenvalue weighted by atomic mass is 79.9. The van der Waals surface area contributed by atoms with Crippen molar-refractivity contribution in [2.24, 2.45) is 11.8 Å². The Labute approximate surface area is 127 Å². The van der Waals surface area contributed by atoms with Crippen LogP contribution in [0.2, 0.25) is 5.02 Å². The molecule has 2 rings (SSSR count). The summed E-state index contributed by atoms with van der Waals surface area (Å²) >= 11 is 9.25. The van der Waals surface area contributed by atoms with Crippen molar-refractivity contribution in [1.29, 1.82) is 0 Å². The molecule has 106 valence electrons. The van der Waals surface area contributed by atoms with Crippen molar-refractivity contribution >= 4 is 37.6 Å². The molecule has 1 saturated carbocycles. The number of sulfonamides is 1. The Morgan fingerprint density at radius 1 is 1.42 bits per heavy atom. The van der Waals surface area contributed by atoms with Gasteiger partial charge in [0.1, 0.15) is 4.90 Å². The van der Waals surface area contributed by atoms with Crippen LogP contribution in [0.1, 0.15) is 26.2 Å². The molecule has 1 aliphatic rings. The average molecular weight is 367 g/mol. The van der Waals surface area contributed by atoms with Gasteiger partial charge in [0.05, 0.1) is 5.02 Å². The van der Waals surface area contributed by atoms with Crippen LogP contribution in [-0.4, -0.2) is 15.0 Å². The molecule has 1 aliphatic carbocycles. The fourth-order valence-corrected chi connectivity index (χ4v) is 4.64. The number of halogens is 2. The van der Waals surface area contributed by atoms with E-state index in [1.165, 1.54) is 18.9 Å². The molecule has 2 atom stereocenters. The number of nitrogens with one attached hydrogen (secondary N) is 1. The summed E-state index contributed by atoms with van der Waals surface area (Å²) in [6, 6.07) is 4.79. The van der Waals surface area contributed by atoms with E-state index in [0.29, 0.717) is 18.4 Å². The van der Waals surface area contributed by atoms with Crippen LogP contribution >= 0.6 is 27.5 Å². The standard InChI is InChI=1S/C13H17BrClNO2S/c1-9-3-2-4-10(9)8-16-19(17,18)13-6-5-11(14)7-12(13)15/h5-7,9-10,16H,2-4,8H2,1H3. The van der Waals surface area contributed by atoms with Crippen LogP contribution in [0.15, 0.2) is 27.6 Å². The molecule has 3 nitrogen and oxygen atoms in total. The van der Waals surface area contributed by atoms with Crippen molar-refractivity contribution in [2.75, 3.05) is 6.54 Å². The minimum Gasteiger partial charge on any atom is -0.211 e. The molecule has 0 aliphatic heterocycles. The van der Waals surface area contributed by atoms with Crippen LogP contribution in [0.25, 0.3) is 0 Å². The van der Waals surface area contributed by atoms with E-state index in [1.807, 2.05) is 0 Å². The Hall–Kier alpha value is -0.100. The summed E-state index contributed by atoms with van der Waals surface area (Å²) in [6.07, 6.45) is 3.47. The smallest absolute Gasteiger partial charge is 0.211 e. The maximum Gasteiger partial charge on any atom is 0.242 e. The van der Waals surface area contributed by atoms with E-state index < -0.39 is 10.0 Å². The Balaban J connectivity index is 2.09. The van der Waals surface area contributed by atoms with Gasteiger partial charge in [-0.3, -0.25) is 0 Å². The van der Waals surface area contributed by atoms with Crippen LogP contribution in [0.5, 0.6) is 0 Å². The van der Waals surface area contributed by atoms with E-state index in [1.54, 1.807) is 12.1 Å². The fourth-order valence-electron chi connectivity index (χ4n) is 2.51. The molecule has 0 radical (unpaired) electrons. The zero-order valence-corrected chi connectivity index (χ0v) is 13.9. The topological polar surface area (TPSA) is 46.2 Å². The molecular formula is C13H17BrClNO2S. The molecule has 1 aromatic carbocycles. The number of rotatable bonds is 4. The first-order chi connectivity index (χ1) is 8.90. The van der Waals surface area contributed by atoms with E-state index in [2.05, 4.69) is 27.6 Å². The molecule has 2 unspecified atom stereocenters. The quantitative estimate of drug-likeness (QED) is 0.880. The van der Waals surface area contributed by atoms with Gasteiger partial charge >= 0.3 is 0 Å². The van der Waals surface area contributed by atoms with Crippen LogP contribution in [-0.2, 0) is 10.0 Å². The zero-order valence-electron chi connectivity index (χ0n) is 10.7. The van der Waals surface area contributed by atoms with E-state index >= 15 is 0 Å². The van der Waals surface area contributed by atoms with Gasteiger partial charge in [-0.2, -0.15) is 0 Å². The molecule has 1 N–H and O–H groups in total. The van der Waals surface area contributed by atoms with Gasteiger partial charge in [-0.25, -0.2) is 13.1 Å². The van der Waals surface area contributed by atoms with Gasteiger partial charge in [0.15, 0.2) is 0 Å². The molecule has 0 amide bonds. The SMILES string of the molecule is CC1CCCC1CNS(=O)(=O)c1ccc(Br)cc1Cl. The van der Waals surface area contributed by atoms with E-state index in [4.69, 9.17) is 11.6 Å². The first-order valence-electron chi connectivity index (χ1n) is 6.35. The van der Waals surface area contributed by atoms with Crippen molar-refractivity contribution in [3.05, 3.63) is 27.7 Å². The molecule has 6 heteroatoms. The highest BCUT2D eigenvalue weighted by molar-refractivity contribution is 9.10. The number of hydrogen-bond acceptors (Lipinski definition) is 2. The van der Waals surface area contributed by atoms with Gasteiger partial charge in [0.25, 0.3) is 0 Å². The van der Waals surface area contributed by atoms with Crippen LogP contribution in [0.4, 0.5) is 0 Å². The molecule has 1 fully saturated rings. The molecule has 19 heavy (non-hydrogen) atoms. The van der Waals surface area contributed by atoms with Crippen molar-refractivity contribution in [2.45, 2.75) is 31.1 Å². The van der Waals surface area contributed by atoms with Gasteiger partial charge in [-0.15, -0.1) is 0 Å². The van der Waals surface area contributed by atoms with Gasteiger partial charge in [0, 0.05) is 11.0 Å². The Kier molecular flexibility index (Phi) is 4.93. The third kappa shape index (κ3) is 3.72. The van der Waals surface area contributed by atoms with Gasteiger partial charge in [0.2, 0.25) is 10.0 Å². The fraction of sp³-hybridized carbons (Fsp3) is 0.538. The highest BCUT2D eigenvalue weighted by Gasteiger charge is 2.26. The van der Waals surface area contributed by atoms with E-state index in [-0.39, 0.29) is 9.92 Å². The average Bonchev–Trinajstić information content (AvgIpc) is 2.72. The van der Waals surface area contributed by atoms with Crippen molar-refractivity contribution in [1.82, 2.24) is 4.72 Å². The van der Waals surface area contributed by atoms with Crippen LogP contribution in [0, 0.1) is 11.8 Å². The molecular weight excluding hydrogens is 350 g/mol. The predicted octanol–water partition coefficient (Wildman–Crippen LogP) is 3.82. The summed E-state index contributed by atoms with van der Waals surface area (Å²) < 4.78 is 27.9. The maximum absolute atomic E-state index is 12.2. The number of hydrogen-bond donors (Lipinski definition) is 1. The summed E-state index contributed by atoms with van der Waals surface area (Å²) in [7, 11) is -3.52. The molecule has 1 aromatic rings. The van der Waals surface area contributed by atoms with Gasteiger partial charge < -0.3 is 0 Å². The van der Waals surface area contributed by atoms with Gasteiger partial charge in [-0.1, -0.05) is 47.3 Å². The lowest BCUT2D eigenvalue weighted by Gasteiger charge is -2.16. The lowest BCUT2D eigenvalue weighted by molar-refractivity contribution is 0.414. The van der Waals surface area contributed by atoms with Crippen molar-refractivity contribution < 1.29 is 8.42 Å². The molecule has 0 aromatic heterocycles. The molecule has 0 saturated heterocycles. The lowest BCUT2D eigenvalue weighted by atomic mass is 9.99. The second-order valence-corrected chi connectivity index (χ2v) is 8.15. The second-order valence-electron chi connectivity index (χ2n) is 5.09. The first kappa shape index (κ1) is 15.3. The highest BCUT2D eigenvalue weighted by Crippen LogP contribution is 2.31. The summed E-state index contributed by atoms with van der Waals surface area (Å²) in [5, 5.41) is 0.237. The predicted molar refractivity (Wildman–Crippen MR) is 80.8 cm³/mol. The first-order valence-corrected chi connectivity index (χ1v) is 9.00. The third-order valence-electron chi connectivity index (χ3n) is 3.76. The van der Waals surface area contributed by atoms with Crippen LogP contribution in [0.3, 0.4) is 0 Å². The Morgan fingerprint density at radius 2 is 2.16 bits per heavy atom. The van der Waals surface area contributed by atoms with Crippen molar-refractivity contribution in [3.63, 3.8) is 0 Å². The molecule has 0 heterocycles. The Morgan fingerprint density at radius 3 is 2.74 bits per heavy atom. The van der Waals surface area contributed by atoms with Crippen LogP contribution < -0.4 is 4.72 Å². The minimum atomic E-state index is -3.52. The third-order valence-corrected chi connectivity index (χ3v) is 6.16. The van der Waals surface area contributed by atoms with E-state index in [0.717, 1.165) is 10.9 Å². The Bertz CT molecular complexity index is 562. The normalized spacial score (nSPS) is 23.7. The van der Waals surface area contributed by atoms with Gasteiger partial charge in [-0.05, 0) is 36.5 Å². The lowest BCUT2D eigenvalue weighted by Crippen LogP contribution is -2.30.